The normalized spacial score (nSPS) is 10.5. The maximum absolute atomic E-state index is 12.5. The van der Waals surface area contributed by atoms with E-state index in [9.17, 15) is 9.59 Å². The standard InChI is InChI=1S/C16H12BrN3O2S/c17-12-4-1-3-11(9-12)10-20-7-2-5-13(15(20)22)14(21)19-16-18-6-8-23-16/h1-9H,10H2,(H,18,19,21). The Bertz CT molecular complexity index is 890. The molecule has 7 heteroatoms. The monoisotopic (exact) mass is 389 g/mol. The summed E-state index contributed by atoms with van der Waals surface area (Å²) in [7, 11) is 0. The van der Waals surface area contributed by atoms with Gasteiger partial charge in [-0.25, -0.2) is 4.98 Å². The van der Waals surface area contributed by atoms with Crippen molar-refractivity contribution in [3.63, 3.8) is 0 Å². The van der Waals surface area contributed by atoms with E-state index in [1.54, 1.807) is 23.8 Å². The lowest BCUT2D eigenvalue weighted by Gasteiger charge is -2.08. The van der Waals surface area contributed by atoms with E-state index in [-0.39, 0.29) is 11.1 Å². The Labute approximate surface area is 144 Å². The largest absolute Gasteiger partial charge is 0.310 e. The Morgan fingerprint density at radius 2 is 2.17 bits per heavy atom. The molecule has 1 amide bonds. The number of nitrogens with zero attached hydrogens (tertiary/aromatic N) is 2. The number of benzene rings is 1. The number of hydrogen-bond donors (Lipinski definition) is 1. The van der Waals surface area contributed by atoms with Crippen molar-refractivity contribution in [1.29, 1.82) is 0 Å². The number of pyridine rings is 1. The molecule has 5 nitrogen and oxygen atoms in total. The number of anilines is 1. The Morgan fingerprint density at radius 1 is 1.30 bits per heavy atom. The lowest BCUT2D eigenvalue weighted by molar-refractivity contribution is 0.102. The van der Waals surface area contributed by atoms with E-state index in [4.69, 9.17) is 0 Å². The fourth-order valence-electron chi connectivity index (χ4n) is 2.12. The first-order chi connectivity index (χ1) is 11.1. The van der Waals surface area contributed by atoms with Crippen LogP contribution in [-0.2, 0) is 6.54 Å². The number of aromatic nitrogens is 2. The second-order valence-corrected chi connectivity index (χ2v) is 6.59. The minimum atomic E-state index is -0.450. The van der Waals surface area contributed by atoms with Crippen molar-refractivity contribution < 1.29 is 4.79 Å². The summed E-state index contributed by atoms with van der Waals surface area (Å²) in [5.41, 5.74) is 0.734. The molecule has 0 atom stereocenters. The maximum Gasteiger partial charge on any atom is 0.263 e. The molecule has 3 rings (SSSR count). The minimum absolute atomic E-state index is 0.0951. The van der Waals surface area contributed by atoms with Gasteiger partial charge in [0.05, 0.1) is 6.54 Å². The number of amides is 1. The van der Waals surface area contributed by atoms with E-state index in [2.05, 4.69) is 26.2 Å². The van der Waals surface area contributed by atoms with Gasteiger partial charge in [0.25, 0.3) is 11.5 Å². The topological polar surface area (TPSA) is 64.0 Å². The molecule has 116 valence electrons. The molecule has 0 saturated carbocycles. The highest BCUT2D eigenvalue weighted by molar-refractivity contribution is 9.10. The van der Waals surface area contributed by atoms with Crippen LogP contribution in [0.4, 0.5) is 5.13 Å². The van der Waals surface area contributed by atoms with E-state index in [0.717, 1.165) is 10.0 Å². The maximum atomic E-state index is 12.5. The highest BCUT2D eigenvalue weighted by Gasteiger charge is 2.13. The first kappa shape index (κ1) is 15.6. The van der Waals surface area contributed by atoms with Crippen LogP contribution in [0.3, 0.4) is 0 Å². The zero-order chi connectivity index (χ0) is 16.2. The van der Waals surface area contributed by atoms with E-state index >= 15 is 0 Å². The van der Waals surface area contributed by atoms with Gasteiger partial charge >= 0.3 is 0 Å². The summed E-state index contributed by atoms with van der Waals surface area (Å²) in [6.07, 6.45) is 3.26. The molecule has 0 fully saturated rings. The van der Waals surface area contributed by atoms with Crippen LogP contribution in [0.1, 0.15) is 15.9 Å². The molecule has 0 spiro atoms. The van der Waals surface area contributed by atoms with Gasteiger partial charge in [0.15, 0.2) is 5.13 Å². The van der Waals surface area contributed by atoms with Gasteiger partial charge in [-0.1, -0.05) is 28.1 Å². The van der Waals surface area contributed by atoms with Gasteiger partial charge in [0, 0.05) is 22.2 Å². The fraction of sp³-hybridized carbons (Fsp3) is 0.0625. The van der Waals surface area contributed by atoms with Gasteiger partial charge in [-0.3, -0.25) is 14.9 Å². The van der Waals surface area contributed by atoms with Crippen LogP contribution in [0.2, 0.25) is 0 Å². The molecule has 3 aromatic rings. The van der Waals surface area contributed by atoms with Crippen molar-refractivity contribution in [1.82, 2.24) is 9.55 Å². The van der Waals surface area contributed by atoms with Crippen molar-refractivity contribution in [2.75, 3.05) is 5.32 Å². The molecule has 0 aliphatic carbocycles. The van der Waals surface area contributed by atoms with Gasteiger partial charge in [-0.2, -0.15) is 0 Å². The van der Waals surface area contributed by atoms with Gasteiger partial charge in [0.1, 0.15) is 5.56 Å². The van der Waals surface area contributed by atoms with E-state index < -0.39 is 5.91 Å². The average Bonchev–Trinajstić information content (AvgIpc) is 3.02. The third-order valence-electron chi connectivity index (χ3n) is 3.16. The molecule has 1 aromatic carbocycles. The van der Waals surface area contributed by atoms with Gasteiger partial charge in [0.2, 0.25) is 0 Å². The molecular weight excluding hydrogens is 378 g/mol. The van der Waals surface area contributed by atoms with Crippen molar-refractivity contribution in [2.45, 2.75) is 6.54 Å². The van der Waals surface area contributed by atoms with Crippen LogP contribution >= 0.6 is 27.3 Å². The van der Waals surface area contributed by atoms with Crippen LogP contribution in [-0.4, -0.2) is 15.5 Å². The first-order valence-electron chi connectivity index (χ1n) is 6.78. The molecule has 23 heavy (non-hydrogen) atoms. The SMILES string of the molecule is O=C(Nc1nccs1)c1cccn(Cc2cccc(Br)c2)c1=O. The molecule has 0 unspecified atom stereocenters. The molecule has 0 saturated heterocycles. The van der Waals surface area contributed by atoms with Gasteiger partial charge < -0.3 is 4.57 Å². The fourth-order valence-corrected chi connectivity index (χ4v) is 3.09. The van der Waals surface area contributed by atoms with Crippen LogP contribution < -0.4 is 10.9 Å². The summed E-state index contributed by atoms with van der Waals surface area (Å²) in [6, 6.07) is 10.9. The molecule has 2 heterocycles. The highest BCUT2D eigenvalue weighted by Crippen LogP contribution is 2.13. The van der Waals surface area contributed by atoms with Crippen molar-refractivity contribution in [2.24, 2.45) is 0 Å². The Kier molecular flexibility index (Phi) is 4.68. The number of rotatable bonds is 4. The predicted octanol–water partition coefficient (Wildman–Crippen LogP) is 3.37. The molecule has 2 aromatic heterocycles. The summed E-state index contributed by atoms with van der Waals surface area (Å²) in [5, 5.41) is 4.85. The summed E-state index contributed by atoms with van der Waals surface area (Å²) in [6.45, 7) is 0.399. The molecule has 0 bridgehead atoms. The van der Waals surface area contributed by atoms with E-state index in [0.29, 0.717) is 11.7 Å². The van der Waals surface area contributed by atoms with Gasteiger partial charge in [-0.05, 0) is 29.8 Å². The summed E-state index contributed by atoms with van der Waals surface area (Å²) >= 11 is 4.71. The number of carbonyl (C=O) groups is 1. The minimum Gasteiger partial charge on any atom is -0.310 e. The number of thiazole rings is 1. The van der Waals surface area contributed by atoms with Crippen molar-refractivity contribution in [3.8, 4) is 0 Å². The zero-order valence-corrected chi connectivity index (χ0v) is 14.3. The van der Waals surface area contributed by atoms with Crippen LogP contribution in [0, 0.1) is 0 Å². The molecule has 1 N–H and O–H groups in total. The lowest BCUT2D eigenvalue weighted by atomic mass is 10.2. The first-order valence-corrected chi connectivity index (χ1v) is 8.45. The summed E-state index contributed by atoms with van der Waals surface area (Å²) < 4.78 is 2.46. The second-order valence-electron chi connectivity index (χ2n) is 4.78. The molecular formula is C16H12BrN3O2S. The van der Waals surface area contributed by atoms with Crippen molar-refractivity contribution in [3.05, 3.63) is 80.1 Å². The molecule has 0 aliphatic heterocycles. The lowest BCUT2D eigenvalue weighted by Crippen LogP contribution is -2.29. The van der Waals surface area contributed by atoms with Crippen LogP contribution in [0.15, 0.2) is 63.4 Å². The van der Waals surface area contributed by atoms with Gasteiger partial charge in [-0.15, -0.1) is 11.3 Å². The number of hydrogen-bond acceptors (Lipinski definition) is 4. The third-order valence-corrected chi connectivity index (χ3v) is 4.34. The number of halogens is 1. The average molecular weight is 390 g/mol. The van der Waals surface area contributed by atoms with E-state index in [1.807, 2.05) is 24.3 Å². The summed E-state index contributed by atoms with van der Waals surface area (Å²) in [5.74, 6) is -0.450. The highest BCUT2D eigenvalue weighted by atomic mass is 79.9. The zero-order valence-electron chi connectivity index (χ0n) is 11.9. The molecule has 0 aliphatic rings. The van der Waals surface area contributed by atoms with Crippen LogP contribution in [0.5, 0.6) is 0 Å². The Balaban J connectivity index is 1.86. The van der Waals surface area contributed by atoms with Crippen molar-refractivity contribution >= 4 is 38.3 Å². The third kappa shape index (κ3) is 3.75. The second kappa shape index (κ2) is 6.89. The quantitative estimate of drug-likeness (QED) is 0.743. The number of carbonyl (C=O) groups excluding carboxylic acids is 1. The Morgan fingerprint density at radius 3 is 2.91 bits per heavy atom. The van der Waals surface area contributed by atoms with E-state index in [1.165, 1.54) is 22.0 Å². The van der Waals surface area contributed by atoms with Crippen LogP contribution in [0.25, 0.3) is 0 Å². The predicted molar refractivity (Wildman–Crippen MR) is 94.0 cm³/mol. The summed E-state index contributed by atoms with van der Waals surface area (Å²) in [4.78, 5) is 28.7. The molecule has 0 radical (unpaired) electrons. The smallest absolute Gasteiger partial charge is 0.263 e. The Hall–Kier alpha value is -2.25. The number of nitrogens with one attached hydrogen (secondary N) is 1.